The van der Waals surface area contributed by atoms with E-state index in [0.717, 1.165) is 61.3 Å². The van der Waals surface area contributed by atoms with Crippen LogP contribution in [-0.4, -0.2) is 11.4 Å². The van der Waals surface area contributed by atoms with Gasteiger partial charge in [-0.2, -0.15) is 0 Å². The Bertz CT molecular complexity index is 934. The number of hydrogen-bond donors (Lipinski definition) is 0. The molecule has 0 unspecified atom stereocenters. The smallest absolute Gasteiger partial charge is 0.135 e. The molecule has 0 bridgehead atoms. The molecule has 0 saturated heterocycles. The van der Waals surface area contributed by atoms with Crippen molar-refractivity contribution in [3.05, 3.63) is 58.7 Å². The van der Waals surface area contributed by atoms with Gasteiger partial charge >= 0.3 is 0 Å². The van der Waals surface area contributed by atoms with Gasteiger partial charge in [-0.05, 0) is 99.4 Å². The zero-order valence-corrected chi connectivity index (χ0v) is 20.9. The zero-order chi connectivity index (χ0) is 21.9. The van der Waals surface area contributed by atoms with Crippen molar-refractivity contribution in [1.29, 1.82) is 0 Å². The summed E-state index contributed by atoms with van der Waals surface area (Å²) in [7, 11) is 0. The van der Waals surface area contributed by atoms with Crippen LogP contribution in [0.2, 0.25) is 0 Å². The summed E-state index contributed by atoms with van der Waals surface area (Å²) in [6.45, 7) is 12.9. The molecule has 0 saturated carbocycles. The van der Waals surface area contributed by atoms with E-state index in [1.54, 1.807) is 0 Å². The summed E-state index contributed by atoms with van der Waals surface area (Å²) in [6.07, 6.45) is 6.24. The second-order valence-electron chi connectivity index (χ2n) is 8.22. The van der Waals surface area contributed by atoms with Crippen LogP contribution in [0.4, 0.5) is 11.4 Å². The summed E-state index contributed by atoms with van der Waals surface area (Å²) in [5.74, 6) is 6.71. The zero-order valence-electron chi connectivity index (χ0n) is 19.9. The summed E-state index contributed by atoms with van der Waals surface area (Å²) in [5, 5.41) is 0. The molecule has 2 rings (SSSR count). The molecule has 3 heteroatoms. The standard InChI is InChI=1S/C28H36N2.Ni/c1-7-9-11-12-14-28(30-26-19-23(5)16-24(6)20-26)27(13-10-8-2)29-25-17-21(3)15-22(4)18-25;/h15-20H,7-11,13H2,1-6H3;/b29-27+,30-28+;. The molecule has 0 atom stereocenters. The van der Waals surface area contributed by atoms with Crippen molar-refractivity contribution in [3.8, 4) is 11.8 Å². The SMILES string of the molecule is CCCCC#CC(=N\c1cc(C)cc(C)c1)/C(CCCC)=N/c1cc(C)cc(C)c1.[Ni]. The van der Waals surface area contributed by atoms with Crippen LogP contribution in [0.1, 0.15) is 74.6 Å². The van der Waals surface area contributed by atoms with Gasteiger partial charge in [0.25, 0.3) is 0 Å². The van der Waals surface area contributed by atoms with Gasteiger partial charge < -0.3 is 0 Å². The molecular formula is C28H36N2Ni. The first-order chi connectivity index (χ1) is 14.4. The number of benzene rings is 2. The molecule has 0 spiro atoms. The number of aryl methyl sites for hydroxylation is 4. The Morgan fingerprint density at radius 1 is 0.710 bits per heavy atom. The summed E-state index contributed by atoms with van der Waals surface area (Å²) in [6, 6.07) is 12.9. The van der Waals surface area contributed by atoms with Crippen LogP contribution in [0.3, 0.4) is 0 Å². The predicted octanol–water partition coefficient (Wildman–Crippen LogP) is 8.15. The Morgan fingerprint density at radius 3 is 1.68 bits per heavy atom. The van der Waals surface area contributed by atoms with Crippen LogP contribution in [0.5, 0.6) is 0 Å². The third-order valence-electron chi connectivity index (χ3n) is 4.82. The summed E-state index contributed by atoms with van der Waals surface area (Å²) >= 11 is 0. The maximum absolute atomic E-state index is 5.04. The van der Waals surface area contributed by atoms with Gasteiger partial charge in [0, 0.05) is 22.9 Å². The van der Waals surface area contributed by atoms with Crippen molar-refractivity contribution in [2.75, 3.05) is 0 Å². The van der Waals surface area contributed by atoms with Crippen molar-refractivity contribution in [2.45, 2.75) is 80.1 Å². The van der Waals surface area contributed by atoms with Gasteiger partial charge in [0.15, 0.2) is 0 Å². The summed E-state index contributed by atoms with van der Waals surface area (Å²) < 4.78 is 0. The fourth-order valence-electron chi connectivity index (χ4n) is 3.46. The predicted molar refractivity (Wildman–Crippen MR) is 133 cm³/mol. The molecular weight excluding hydrogens is 423 g/mol. The Morgan fingerprint density at radius 2 is 1.19 bits per heavy atom. The number of hydrogen-bond acceptors (Lipinski definition) is 2. The Balaban J connectivity index is 0.00000480. The molecule has 0 aliphatic rings. The number of aliphatic imine (C=N–C) groups is 2. The third-order valence-corrected chi connectivity index (χ3v) is 4.82. The van der Waals surface area contributed by atoms with Crippen molar-refractivity contribution in [2.24, 2.45) is 9.98 Å². The molecule has 0 aromatic heterocycles. The van der Waals surface area contributed by atoms with Gasteiger partial charge in [-0.25, -0.2) is 4.99 Å². The molecule has 0 amide bonds. The third kappa shape index (κ3) is 9.67. The average Bonchev–Trinajstić information content (AvgIpc) is 2.66. The summed E-state index contributed by atoms with van der Waals surface area (Å²) in [4.78, 5) is 10.0. The van der Waals surface area contributed by atoms with E-state index in [1.165, 1.54) is 22.3 Å². The van der Waals surface area contributed by atoms with E-state index in [-0.39, 0.29) is 16.5 Å². The van der Waals surface area contributed by atoms with Crippen molar-refractivity contribution >= 4 is 22.8 Å². The van der Waals surface area contributed by atoms with E-state index in [0.29, 0.717) is 0 Å². The molecule has 2 aromatic rings. The number of rotatable bonds is 8. The minimum absolute atomic E-state index is 0. The molecule has 31 heavy (non-hydrogen) atoms. The molecule has 0 N–H and O–H groups in total. The maximum atomic E-state index is 5.04. The maximum Gasteiger partial charge on any atom is 0.135 e. The van der Waals surface area contributed by atoms with E-state index in [1.807, 2.05) is 0 Å². The van der Waals surface area contributed by atoms with E-state index >= 15 is 0 Å². The van der Waals surface area contributed by atoms with Crippen LogP contribution in [-0.2, 0) is 16.5 Å². The Labute approximate surface area is 199 Å². The van der Waals surface area contributed by atoms with E-state index in [2.05, 4.69) is 89.8 Å². The van der Waals surface area contributed by atoms with Gasteiger partial charge in [0.2, 0.25) is 0 Å². The van der Waals surface area contributed by atoms with E-state index < -0.39 is 0 Å². The fraction of sp³-hybridized carbons (Fsp3) is 0.429. The van der Waals surface area contributed by atoms with Crippen LogP contribution >= 0.6 is 0 Å². The number of nitrogens with zero attached hydrogens (tertiary/aromatic N) is 2. The molecule has 2 nitrogen and oxygen atoms in total. The Kier molecular flexibility index (Phi) is 12.1. The molecule has 2 aromatic carbocycles. The second kappa shape index (κ2) is 14.0. The van der Waals surface area contributed by atoms with Crippen LogP contribution in [0.15, 0.2) is 46.4 Å². The van der Waals surface area contributed by atoms with Gasteiger partial charge in [-0.15, -0.1) is 0 Å². The molecule has 0 heterocycles. The minimum atomic E-state index is 0. The van der Waals surface area contributed by atoms with Crippen LogP contribution in [0, 0.1) is 39.5 Å². The first-order valence-electron chi connectivity index (χ1n) is 11.2. The molecule has 0 radical (unpaired) electrons. The molecule has 0 aliphatic carbocycles. The quantitative estimate of drug-likeness (QED) is 0.165. The minimum Gasteiger partial charge on any atom is -0.250 e. The molecule has 168 valence electrons. The topological polar surface area (TPSA) is 24.7 Å². The van der Waals surface area contributed by atoms with Crippen molar-refractivity contribution in [3.63, 3.8) is 0 Å². The largest absolute Gasteiger partial charge is 0.250 e. The molecule has 0 aliphatic heterocycles. The average molecular weight is 459 g/mol. The van der Waals surface area contributed by atoms with Gasteiger partial charge in [0.1, 0.15) is 5.71 Å². The number of unbranched alkanes of at least 4 members (excludes halogenated alkanes) is 3. The van der Waals surface area contributed by atoms with E-state index in [9.17, 15) is 0 Å². The second-order valence-corrected chi connectivity index (χ2v) is 8.22. The Hall–Kier alpha value is -2.17. The van der Waals surface area contributed by atoms with E-state index in [4.69, 9.17) is 9.98 Å². The first-order valence-corrected chi connectivity index (χ1v) is 11.2. The first kappa shape index (κ1) is 26.9. The normalized spacial score (nSPS) is 11.5. The van der Waals surface area contributed by atoms with Gasteiger partial charge in [-0.1, -0.05) is 44.7 Å². The van der Waals surface area contributed by atoms with Crippen LogP contribution in [0.25, 0.3) is 0 Å². The van der Waals surface area contributed by atoms with Crippen molar-refractivity contribution < 1.29 is 16.5 Å². The monoisotopic (exact) mass is 458 g/mol. The summed E-state index contributed by atoms with van der Waals surface area (Å²) in [5.41, 5.74) is 8.63. The van der Waals surface area contributed by atoms with Crippen LogP contribution < -0.4 is 0 Å². The molecule has 0 fully saturated rings. The fourth-order valence-corrected chi connectivity index (χ4v) is 3.46. The van der Waals surface area contributed by atoms with Crippen molar-refractivity contribution in [1.82, 2.24) is 0 Å². The van der Waals surface area contributed by atoms with Gasteiger partial charge in [0.05, 0.1) is 17.1 Å². The van der Waals surface area contributed by atoms with Gasteiger partial charge in [-0.3, -0.25) is 4.99 Å².